The average Bonchev–Trinajstić information content (AvgIpc) is 3.24. The van der Waals surface area contributed by atoms with Crippen LogP contribution in [0.25, 0.3) is 11.4 Å². The van der Waals surface area contributed by atoms with Gasteiger partial charge in [0.05, 0.1) is 29.5 Å². The van der Waals surface area contributed by atoms with E-state index in [0.29, 0.717) is 6.04 Å². The predicted molar refractivity (Wildman–Crippen MR) is 101 cm³/mol. The zero-order chi connectivity index (χ0) is 18.1. The molecule has 1 unspecified atom stereocenters. The summed E-state index contributed by atoms with van der Waals surface area (Å²) in [5.74, 6) is 1.48. The summed E-state index contributed by atoms with van der Waals surface area (Å²) >= 11 is 1.72. The topological polar surface area (TPSA) is 67.9 Å². The van der Waals surface area contributed by atoms with Crippen molar-refractivity contribution >= 4 is 11.3 Å². The number of thiazole rings is 1. The minimum absolute atomic E-state index is 0.300. The summed E-state index contributed by atoms with van der Waals surface area (Å²) in [6.45, 7) is 7.84. The molecule has 0 bridgehead atoms. The zero-order valence-corrected chi connectivity index (χ0v) is 16.2. The second-order valence-electron chi connectivity index (χ2n) is 6.86. The van der Waals surface area contributed by atoms with Gasteiger partial charge in [-0.2, -0.15) is 0 Å². The van der Waals surface area contributed by atoms with Crippen molar-refractivity contribution in [1.29, 1.82) is 0 Å². The van der Waals surface area contributed by atoms with E-state index in [1.54, 1.807) is 11.3 Å². The number of hydrogen-bond acceptors (Lipinski definition) is 7. The van der Waals surface area contributed by atoms with Gasteiger partial charge in [0, 0.05) is 17.3 Å². The summed E-state index contributed by atoms with van der Waals surface area (Å²) < 4.78 is 5.32. The third-order valence-corrected chi connectivity index (χ3v) is 5.67. The molecular formula is C19H23N5OS. The molecule has 1 saturated heterocycles. The second-order valence-corrected chi connectivity index (χ2v) is 7.84. The molecule has 0 saturated carbocycles. The molecule has 0 radical (unpaired) electrons. The minimum atomic E-state index is 0.300. The quantitative estimate of drug-likeness (QED) is 0.685. The van der Waals surface area contributed by atoms with Crippen molar-refractivity contribution < 1.29 is 4.52 Å². The molecule has 136 valence electrons. The molecule has 3 aromatic rings. The van der Waals surface area contributed by atoms with Crippen molar-refractivity contribution in [2.24, 2.45) is 0 Å². The molecule has 0 aromatic carbocycles. The normalized spacial score (nSPS) is 18.3. The lowest BCUT2D eigenvalue weighted by molar-refractivity contribution is 0.137. The molecule has 1 fully saturated rings. The first kappa shape index (κ1) is 17.3. The lowest BCUT2D eigenvalue weighted by atomic mass is 9.98. The Balaban J connectivity index is 1.69. The number of nitrogens with zero attached hydrogens (tertiary/aromatic N) is 5. The van der Waals surface area contributed by atoms with Crippen LogP contribution in [0.5, 0.6) is 0 Å². The maximum absolute atomic E-state index is 5.32. The van der Waals surface area contributed by atoms with Gasteiger partial charge in [0.2, 0.25) is 0 Å². The molecule has 26 heavy (non-hydrogen) atoms. The molecule has 3 aromatic heterocycles. The number of aryl methyl sites for hydroxylation is 3. The Morgan fingerprint density at radius 2 is 2.12 bits per heavy atom. The van der Waals surface area contributed by atoms with Crippen molar-refractivity contribution in [3.05, 3.63) is 45.5 Å². The highest BCUT2D eigenvalue weighted by Gasteiger charge is 2.27. The number of piperidine rings is 1. The average molecular weight is 369 g/mol. The van der Waals surface area contributed by atoms with Gasteiger partial charge in [-0.05, 0) is 46.2 Å². The third kappa shape index (κ3) is 3.41. The van der Waals surface area contributed by atoms with E-state index in [1.807, 2.05) is 32.3 Å². The number of likely N-dealkylation sites (tertiary alicyclic amines) is 1. The monoisotopic (exact) mass is 369 g/mol. The molecule has 4 rings (SSSR count). The van der Waals surface area contributed by atoms with Gasteiger partial charge in [-0.3, -0.25) is 4.90 Å². The fraction of sp³-hybridized carbons (Fsp3) is 0.474. The van der Waals surface area contributed by atoms with Crippen LogP contribution in [-0.2, 0) is 6.54 Å². The van der Waals surface area contributed by atoms with Gasteiger partial charge < -0.3 is 4.52 Å². The second kappa shape index (κ2) is 7.25. The van der Waals surface area contributed by atoms with E-state index in [9.17, 15) is 0 Å². The summed E-state index contributed by atoms with van der Waals surface area (Å²) in [6.07, 6.45) is 5.44. The van der Waals surface area contributed by atoms with Crippen LogP contribution in [0.1, 0.15) is 53.2 Å². The van der Waals surface area contributed by atoms with E-state index in [1.165, 1.54) is 12.8 Å². The molecule has 0 spiro atoms. The largest absolute Gasteiger partial charge is 0.361 e. The Bertz CT molecular complexity index is 870. The highest BCUT2D eigenvalue weighted by molar-refractivity contribution is 7.09. The fourth-order valence-corrected chi connectivity index (χ4v) is 4.34. The zero-order valence-electron chi connectivity index (χ0n) is 15.4. The highest BCUT2D eigenvalue weighted by Crippen LogP contribution is 2.33. The van der Waals surface area contributed by atoms with E-state index in [-0.39, 0.29) is 0 Å². The van der Waals surface area contributed by atoms with Crippen molar-refractivity contribution in [3.8, 4) is 11.4 Å². The standard InChI is InChI=1S/C19H23N5OS/c1-12-10-15(22-19(21-12)18-13(2)23-25-14(18)3)16-6-4-5-8-24(16)11-17-20-7-9-26-17/h7,9-10,16H,4-6,8,11H2,1-3H3. The first-order valence-corrected chi connectivity index (χ1v) is 9.91. The number of rotatable bonds is 4. The van der Waals surface area contributed by atoms with E-state index in [0.717, 1.165) is 58.7 Å². The molecule has 0 amide bonds. The summed E-state index contributed by atoms with van der Waals surface area (Å²) in [5, 5.41) is 7.26. The molecule has 7 heteroatoms. The lowest BCUT2D eigenvalue weighted by Gasteiger charge is -2.35. The van der Waals surface area contributed by atoms with Crippen LogP contribution >= 0.6 is 11.3 Å². The first-order valence-electron chi connectivity index (χ1n) is 9.03. The van der Waals surface area contributed by atoms with Crippen LogP contribution in [0.2, 0.25) is 0 Å². The van der Waals surface area contributed by atoms with Gasteiger partial charge in [-0.15, -0.1) is 11.3 Å². The van der Waals surface area contributed by atoms with Crippen LogP contribution in [0.15, 0.2) is 22.2 Å². The Morgan fingerprint density at radius 3 is 2.85 bits per heavy atom. The van der Waals surface area contributed by atoms with Crippen LogP contribution in [0.4, 0.5) is 0 Å². The Kier molecular flexibility index (Phi) is 4.82. The predicted octanol–water partition coefficient (Wildman–Crippen LogP) is 4.24. The summed E-state index contributed by atoms with van der Waals surface area (Å²) in [7, 11) is 0. The highest BCUT2D eigenvalue weighted by atomic mass is 32.1. The van der Waals surface area contributed by atoms with Crippen LogP contribution < -0.4 is 0 Å². The molecule has 0 N–H and O–H groups in total. The molecule has 6 nitrogen and oxygen atoms in total. The third-order valence-electron chi connectivity index (χ3n) is 4.91. The van der Waals surface area contributed by atoms with Crippen LogP contribution in [0.3, 0.4) is 0 Å². The first-order chi connectivity index (χ1) is 12.6. The SMILES string of the molecule is Cc1cc(C2CCCCN2Cc2nccs2)nc(-c2c(C)noc2C)n1. The van der Waals surface area contributed by atoms with Crippen molar-refractivity contribution in [3.63, 3.8) is 0 Å². The van der Waals surface area contributed by atoms with Crippen molar-refractivity contribution in [2.45, 2.75) is 52.6 Å². The summed E-state index contributed by atoms with van der Waals surface area (Å²) in [5.41, 5.74) is 3.81. The Morgan fingerprint density at radius 1 is 1.23 bits per heavy atom. The number of aromatic nitrogens is 4. The van der Waals surface area contributed by atoms with Gasteiger partial charge in [0.15, 0.2) is 5.82 Å². The van der Waals surface area contributed by atoms with Gasteiger partial charge in [0.25, 0.3) is 0 Å². The van der Waals surface area contributed by atoms with Crippen LogP contribution in [-0.4, -0.2) is 31.6 Å². The molecule has 1 aliphatic rings. The van der Waals surface area contributed by atoms with Gasteiger partial charge in [0.1, 0.15) is 10.8 Å². The van der Waals surface area contributed by atoms with Crippen LogP contribution in [0, 0.1) is 20.8 Å². The molecule has 1 atom stereocenters. The maximum Gasteiger partial charge on any atom is 0.165 e. The summed E-state index contributed by atoms with van der Waals surface area (Å²) in [6, 6.07) is 2.42. The van der Waals surface area contributed by atoms with Gasteiger partial charge >= 0.3 is 0 Å². The van der Waals surface area contributed by atoms with E-state index >= 15 is 0 Å². The maximum atomic E-state index is 5.32. The minimum Gasteiger partial charge on any atom is -0.361 e. The number of hydrogen-bond donors (Lipinski definition) is 0. The van der Waals surface area contributed by atoms with Crippen molar-refractivity contribution in [2.75, 3.05) is 6.54 Å². The smallest absolute Gasteiger partial charge is 0.165 e. The van der Waals surface area contributed by atoms with Crippen molar-refractivity contribution in [1.82, 2.24) is 25.0 Å². The molecule has 1 aliphatic heterocycles. The Labute approximate surface area is 157 Å². The molecule has 0 aliphatic carbocycles. The van der Waals surface area contributed by atoms with Gasteiger partial charge in [-0.1, -0.05) is 11.6 Å². The fourth-order valence-electron chi connectivity index (χ4n) is 3.70. The van der Waals surface area contributed by atoms with E-state index < -0.39 is 0 Å². The lowest BCUT2D eigenvalue weighted by Crippen LogP contribution is -2.33. The summed E-state index contributed by atoms with van der Waals surface area (Å²) in [4.78, 5) is 16.5. The van der Waals surface area contributed by atoms with E-state index in [2.05, 4.69) is 26.1 Å². The molecule has 4 heterocycles. The van der Waals surface area contributed by atoms with Gasteiger partial charge in [-0.25, -0.2) is 15.0 Å². The molecular weight excluding hydrogens is 346 g/mol. The Hall–Kier alpha value is -2.12. The van der Waals surface area contributed by atoms with E-state index in [4.69, 9.17) is 9.51 Å².